The van der Waals surface area contributed by atoms with Crippen LogP contribution in [0.1, 0.15) is 0 Å². The van der Waals surface area contributed by atoms with Gasteiger partial charge in [0.15, 0.2) is 5.16 Å². The summed E-state index contributed by atoms with van der Waals surface area (Å²) in [6.07, 6.45) is 0. The molecule has 1 aromatic carbocycles. The molecule has 0 aliphatic carbocycles. The Morgan fingerprint density at radius 3 is 3.12 bits per heavy atom. The maximum Gasteiger partial charge on any atom is 0.262 e. The second kappa shape index (κ2) is 3.89. The van der Waals surface area contributed by atoms with Crippen LogP contribution in [-0.2, 0) is 6.54 Å². The first-order chi connectivity index (χ1) is 7.79. The van der Waals surface area contributed by atoms with Crippen LogP contribution < -0.4 is 5.56 Å². The fourth-order valence-corrected chi connectivity index (χ4v) is 3.49. The summed E-state index contributed by atoms with van der Waals surface area (Å²) in [5, 5.41) is 2.85. The maximum atomic E-state index is 12.2. The molecule has 1 aliphatic heterocycles. The lowest BCUT2D eigenvalue weighted by Gasteiger charge is -2.02. The smallest absolute Gasteiger partial charge is 0.262 e. The summed E-state index contributed by atoms with van der Waals surface area (Å²) in [5.41, 5.74) is 0.873. The molecule has 16 heavy (non-hydrogen) atoms. The predicted octanol–water partition coefficient (Wildman–Crippen LogP) is 2.27. The lowest BCUT2D eigenvalue weighted by Crippen LogP contribution is -2.22. The van der Waals surface area contributed by atoms with Gasteiger partial charge in [0, 0.05) is 17.1 Å². The lowest BCUT2D eigenvalue weighted by atomic mass is 10.2. The van der Waals surface area contributed by atoms with Gasteiger partial charge in [0.1, 0.15) is 0 Å². The van der Waals surface area contributed by atoms with Crippen molar-refractivity contribution in [3.63, 3.8) is 0 Å². The van der Waals surface area contributed by atoms with Gasteiger partial charge in [-0.05, 0) is 12.1 Å². The van der Waals surface area contributed by atoms with E-state index in [1.54, 1.807) is 16.3 Å². The van der Waals surface area contributed by atoms with Crippen molar-refractivity contribution in [3.05, 3.63) is 34.6 Å². The van der Waals surface area contributed by atoms with E-state index in [0.29, 0.717) is 10.6 Å². The standard InChI is InChI=1S/C11H9BrN2OS/c12-5-7-6-14-10(15)8-3-1-2-4-9(8)13-11(14)16-7/h1-4,7H,5-6H2/t7-/m0/s1. The van der Waals surface area contributed by atoms with Crippen molar-refractivity contribution in [2.45, 2.75) is 17.0 Å². The first-order valence-electron chi connectivity index (χ1n) is 5.02. The lowest BCUT2D eigenvalue weighted by molar-refractivity contribution is 0.632. The molecule has 5 heteroatoms. The monoisotopic (exact) mass is 296 g/mol. The van der Waals surface area contributed by atoms with Crippen molar-refractivity contribution in [1.82, 2.24) is 9.55 Å². The number of thioether (sulfide) groups is 1. The Labute approximate surface area is 105 Å². The predicted molar refractivity (Wildman–Crippen MR) is 69.4 cm³/mol. The van der Waals surface area contributed by atoms with Crippen LogP contribution in [-0.4, -0.2) is 20.1 Å². The SMILES string of the molecule is O=c1c2ccccc2nc2n1C[C@H](CBr)S2. The normalized spacial score (nSPS) is 18.9. The molecule has 3 rings (SSSR count). The fourth-order valence-electron chi connectivity index (χ4n) is 1.87. The number of hydrogen-bond acceptors (Lipinski definition) is 3. The van der Waals surface area contributed by atoms with Crippen molar-refractivity contribution >= 4 is 38.6 Å². The molecule has 0 radical (unpaired) electrons. The van der Waals surface area contributed by atoms with E-state index in [1.165, 1.54) is 0 Å². The summed E-state index contributed by atoms with van der Waals surface area (Å²) in [6, 6.07) is 7.51. The zero-order valence-corrected chi connectivity index (χ0v) is 10.8. The van der Waals surface area contributed by atoms with Gasteiger partial charge >= 0.3 is 0 Å². The second-order valence-electron chi connectivity index (χ2n) is 3.72. The second-order valence-corrected chi connectivity index (χ2v) is 5.64. The van der Waals surface area contributed by atoms with Crippen LogP contribution in [0.15, 0.2) is 34.2 Å². The van der Waals surface area contributed by atoms with E-state index in [1.807, 2.05) is 24.3 Å². The zero-order valence-electron chi connectivity index (χ0n) is 8.39. The van der Waals surface area contributed by atoms with Crippen molar-refractivity contribution < 1.29 is 0 Å². The van der Waals surface area contributed by atoms with Gasteiger partial charge in [0.25, 0.3) is 5.56 Å². The average Bonchev–Trinajstić information content (AvgIpc) is 2.73. The minimum Gasteiger partial charge on any atom is -0.286 e. The molecule has 1 aromatic heterocycles. The molecule has 82 valence electrons. The van der Waals surface area contributed by atoms with Gasteiger partial charge in [-0.1, -0.05) is 39.8 Å². The number of hydrogen-bond donors (Lipinski definition) is 0. The van der Waals surface area contributed by atoms with Crippen LogP contribution in [0.25, 0.3) is 10.9 Å². The molecule has 0 fully saturated rings. The van der Waals surface area contributed by atoms with E-state index >= 15 is 0 Å². The highest BCUT2D eigenvalue weighted by Gasteiger charge is 2.24. The van der Waals surface area contributed by atoms with Gasteiger partial charge in [-0.3, -0.25) is 9.36 Å². The number of alkyl halides is 1. The van der Waals surface area contributed by atoms with Gasteiger partial charge in [-0.25, -0.2) is 4.98 Å². The molecule has 3 nitrogen and oxygen atoms in total. The van der Waals surface area contributed by atoms with E-state index in [-0.39, 0.29) is 5.56 Å². The average molecular weight is 297 g/mol. The molecule has 0 saturated heterocycles. The third kappa shape index (κ3) is 1.50. The fraction of sp³-hybridized carbons (Fsp3) is 0.273. The number of fused-ring (bicyclic) bond motifs is 2. The van der Waals surface area contributed by atoms with Crippen molar-refractivity contribution in [3.8, 4) is 0 Å². The number of para-hydroxylation sites is 1. The van der Waals surface area contributed by atoms with Gasteiger partial charge in [-0.2, -0.15) is 0 Å². The number of benzene rings is 1. The molecular weight excluding hydrogens is 288 g/mol. The highest BCUT2D eigenvalue weighted by atomic mass is 79.9. The molecule has 0 saturated carbocycles. The molecule has 2 aromatic rings. The van der Waals surface area contributed by atoms with Gasteiger partial charge in [0.2, 0.25) is 0 Å². The van der Waals surface area contributed by atoms with Crippen molar-refractivity contribution in [2.75, 3.05) is 5.33 Å². The summed E-state index contributed by atoms with van der Waals surface area (Å²) in [7, 11) is 0. The summed E-state index contributed by atoms with van der Waals surface area (Å²) < 4.78 is 1.78. The van der Waals surface area contributed by atoms with Crippen LogP contribution in [0.3, 0.4) is 0 Å². The number of halogens is 1. The number of rotatable bonds is 1. The summed E-state index contributed by atoms with van der Waals surface area (Å²) in [5.74, 6) is 0. The Kier molecular flexibility index (Phi) is 2.52. The Bertz CT molecular complexity index is 610. The van der Waals surface area contributed by atoms with Crippen LogP contribution >= 0.6 is 27.7 Å². The van der Waals surface area contributed by atoms with Crippen LogP contribution in [0.4, 0.5) is 0 Å². The Hall–Kier alpha value is -0.810. The third-order valence-electron chi connectivity index (χ3n) is 2.66. The third-order valence-corrected chi connectivity index (χ3v) is 5.04. The van der Waals surface area contributed by atoms with E-state index in [4.69, 9.17) is 0 Å². The van der Waals surface area contributed by atoms with Crippen molar-refractivity contribution in [2.24, 2.45) is 0 Å². The summed E-state index contributed by atoms with van der Waals surface area (Å²) in [6.45, 7) is 0.752. The van der Waals surface area contributed by atoms with Gasteiger partial charge < -0.3 is 0 Å². The Morgan fingerprint density at radius 2 is 2.31 bits per heavy atom. The Balaban J connectivity index is 2.28. The largest absolute Gasteiger partial charge is 0.286 e. The number of aromatic nitrogens is 2. The molecule has 0 bridgehead atoms. The van der Waals surface area contributed by atoms with Gasteiger partial charge in [-0.15, -0.1) is 0 Å². The van der Waals surface area contributed by atoms with E-state index in [0.717, 1.165) is 22.5 Å². The van der Waals surface area contributed by atoms with E-state index < -0.39 is 0 Å². The highest BCUT2D eigenvalue weighted by molar-refractivity contribution is 9.09. The first-order valence-corrected chi connectivity index (χ1v) is 7.02. The summed E-state index contributed by atoms with van der Waals surface area (Å²) >= 11 is 5.12. The molecule has 0 amide bonds. The van der Waals surface area contributed by atoms with Crippen LogP contribution in [0.2, 0.25) is 0 Å². The van der Waals surface area contributed by atoms with E-state index in [2.05, 4.69) is 20.9 Å². The molecular formula is C11H9BrN2OS. The molecule has 1 aliphatic rings. The highest BCUT2D eigenvalue weighted by Crippen LogP contribution is 2.30. The van der Waals surface area contributed by atoms with Crippen LogP contribution in [0.5, 0.6) is 0 Å². The number of nitrogens with zero attached hydrogens (tertiary/aromatic N) is 2. The summed E-state index contributed by atoms with van der Waals surface area (Å²) in [4.78, 5) is 16.7. The van der Waals surface area contributed by atoms with Crippen molar-refractivity contribution in [1.29, 1.82) is 0 Å². The van der Waals surface area contributed by atoms with Gasteiger partial charge in [0.05, 0.1) is 10.9 Å². The quantitative estimate of drug-likeness (QED) is 0.598. The minimum atomic E-state index is 0.0801. The van der Waals surface area contributed by atoms with Crippen LogP contribution in [0, 0.1) is 0 Å². The zero-order chi connectivity index (χ0) is 11.1. The molecule has 1 atom stereocenters. The first kappa shape index (κ1) is 10.4. The molecule has 0 spiro atoms. The minimum absolute atomic E-state index is 0.0801. The molecule has 0 N–H and O–H groups in total. The Morgan fingerprint density at radius 1 is 1.50 bits per heavy atom. The maximum absolute atomic E-state index is 12.2. The topological polar surface area (TPSA) is 34.9 Å². The molecule has 0 unspecified atom stereocenters. The van der Waals surface area contributed by atoms with E-state index in [9.17, 15) is 4.79 Å². The molecule has 2 heterocycles.